The molecule has 0 atom stereocenters. The summed E-state index contributed by atoms with van der Waals surface area (Å²) in [6, 6.07) is 9.76. The molecule has 4 nitrogen and oxygen atoms in total. The van der Waals surface area contributed by atoms with Crippen molar-refractivity contribution in [1.82, 2.24) is 14.5 Å². The van der Waals surface area contributed by atoms with E-state index in [0.29, 0.717) is 6.54 Å². The maximum absolute atomic E-state index is 6.36. The monoisotopic (exact) mass is 300 g/mol. The maximum atomic E-state index is 6.36. The lowest BCUT2D eigenvalue weighted by molar-refractivity contribution is 0.704. The van der Waals surface area contributed by atoms with Gasteiger partial charge >= 0.3 is 0 Å². The quantitative estimate of drug-likeness (QED) is 0.800. The van der Waals surface area contributed by atoms with Gasteiger partial charge in [0.05, 0.1) is 21.7 Å². The molecule has 0 bridgehead atoms. The second kappa shape index (κ2) is 5.84. The van der Waals surface area contributed by atoms with Crippen LogP contribution in [0.25, 0.3) is 22.4 Å². The molecule has 5 heteroatoms. The molecule has 3 aromatic rings. The molecule has 0 aliphatic rings. The molecule has 0 unspecified atom stereocenters. The Morgan fingerprint density at radius 2 is 2.14 bits per heavy atom. The van der Waals surface area contributed by atoms with Gasteiger partial charge in [-0.15, -0.1) is 0 Å². The van der Waals surface area contributed by atoms with Crippen LogP contribution in [0.1, 0.15) is 19.0 Å². The number of fused-ring (bicyclic) bond motifs is 1. The normalized spacial score (nSPS) is 11.2. The fraction of sp³-hybridized carbons (Fsp3) is 0.250. The Bertz CT molecular complexity index is 779. The second-order valence-electron chi connectivity index (χ2n) is 4.93. The number of hydrogen-bond donors (Lipinski definition) is 1. The first-order valence-corrected chi connectivity index (χ1v) is 7.42. The number of aromatic nitrogens is 3. The number of rotatable bonds is 4. The Morgan fingerprint density at radius 1 is 1.29 bits per heavy atom. The van der Waals surface area contributed by atoms with Crippen LogP contribution in [0.3, 0.4) is 0 Å². The first kappa shape index (κ1) is 14.0. The van der Waals surface area contributed by atoms with Crippen LogP contribution in [0.2, 0.25) is 5.02 Å². The minimum Gasteiger partial charge on any atom is -0.325 e. The molecule has 0 fully saturated rings. The van der Waals surface area contributed by atoms with E-state index in [-0.39, 0.29) is 0 Å². The highest BCUT2D eigenvalue weighted by molar-refractivity contribution is 6.35. The van der Waals surface area contributed by atoms with E-state index in [1.807, 2.05) is 30.3 Å². The number of benzene rings is 1. The summed E-state index contributed by atoms with van der Waals surface area (Å²) in [5.41, 5.74) is 9.46. The Kier molecular flexibility index (Phi) is 3.90. The smallest absolute Gasteiger partial charge is 0.141 e. The number of aryl methyl sites for hydroxylation is 1. The number of nitrogens with zero attached hydrogens (tertiary/aromatic N) is 3. The third kappa shape index (κ3) is 2.52. The van der Waals surface area contributed by atoms with Crippen molar-refractivity contribution in [3.8, 4) is 11.4 Å². The number of halogens is 1. The number of nitrogens with two attached hydrogens (primary N) is 1. The molecule has 1 aromatic carbocycles. The van der Waals surface area contributed by atoms with Crippen molar-refractivity contribution in [2.45, 2.75) is 26.4 Å². The number of imidazole rings is 1. The average Bonchev–Trinajstić information content (AvgIpc) is 2.88. The van der Waals surface area contributed by atoms with Gasteiger partial charge in [-0.05, 0) is 30.7 Å². The van der Waals surface area contributed by atoms with Crippen LogP contribution in [-0.4, -0.2) is 14.5 Å². The van der Waals surface area contributed by atoms with Crippen molar-refractivity contribution >= 4 is 22.6 Å². The molecule has 0 radical (unpaired) electrons. The van der Waals surface area contributed by atoms with Crippen molar-refractivity contribution < 1.29 is 0 Å². The van der Waals surface area contributed by atoms with E-state index in [1.165, 1.54) is 0 Å². The molecular weight excluding hydrogens is 284 g/mol. The van der Waals surface area contributed by atoms with Crippen LogP contribution in [0.4, 0.5) is 0 Å². The molecule has 0 saturated carbocycles. The SMILES string of the molecule is CCCn1c(-c2ccnc(CN)c2)nc2cccc(Cl)c21. The molecule has 0 saturated heterocycles. The third-order valence-corrected chi connectivity index (χ3v) is 3.75. The lowest BCUT2D eigenvalue weighted by atomic mass is 10.2. The van der Waals surface area contributed by atoms with Gasteiger partial charge in [-0.3, -0.25) is 4.98 Å². The van der Waals surface area contributed by atoms with Gasteiger partial charge in [-0.1, -0.05) is 24.6 Å². The molecule has 3 rings (SSSR count). The highest BCUT2D eigenvalue weighted by atomic mass is 35.5. The molecule has 2 heterocycles. The van der Waals surface area contributed by atoms with Crippen molar-refractivity contribution in [2.75, 3.05) is 0 Å². The van der Waals surface area contributed by atoms with Gasteiger partial charge in [-0.2, -0.15) is 0 Å². The zero-order valence-electron chi connectivity index (χ0n) is 11.9. The molecule has 2 aromatic heterocycles. The highest BCUT2D eigenvalue weighted by Crippen LogP contribution is 2.29. The van der Waals surface area contributed by atoms with E-state index >= 15 is 0 Å². The standard InChI is InChI=1S/C16H17ClN4/c1-2-8-21-15-13(17)4-3-5-14(15)20-16(21)11-6-7-19-12(9-11)10-18/h3-7,9H,2,8,10,18H2,1H3. The third-order valence-electron chi connectivity index (χ3n) is 3.45. The van der Waals surface area contributed by atoms with Gasteiger partial charge in [-0.25, -0.2) is 4.98 Å². The summed E-state index contributed by atoms with van der Waals surface area (Å²) < 4.78 is 2.17. The van der Waals surface area contributed by atoms with Gasteiger partial charge < -0.3 is 10.3 Å². The first-order valence-electron chi connectivity index (χ1n) is 7.04. The summed E-state index contributed by atoms with van der Waals surface area (Å²) in [5, 5.41) is 0.729. The number of hydrogen-bond acceptors (Lipinski definition) is 3. The fourth-order valence-corrected chi connectivity index (χ4v) is 2.80. The fourth-order valence-electron chi connectivity index (χ4n) is 2.53. The summed E-state index contributed by atoms with van der Waals surface area (Å²) in [7, 11) is 0. The predicted octanol–water partition coefficient (Wildman–Crippen LogP) is 3.62. The first-order chi connectivity index (χ1) is 10.2. The van der Waals surface area contributed by atoms with Gasteiger partial charge in [0.2, 0.25) is 0 Å². The van der Waals surface area contributed by atoms with E-state index in [1.54, 1.807) is 6.20 Å². The van der Waals surface area contributed by atoms with Crippen LogP contribution in [0.5, 0.6) is 0 Å². The molecule has 2 N–H and O–H groups in total. The average molecular weight is 301 g/mol. The number of para-hydroxylation sites is 1. The van der Waals surface area contributed by atoms with Crippen molar-refractivity contribution in [2.24, 2.45) is 5.73 Å². The largest absolute Gasteiger partial charge is 0.325 e. The maximum Gasteiger partial charge on any atom is 0.141 e. The van der Waals surface area contributed by atoms with Gasteiger partial charge in [0.25, 0.3) is 0 Å². The Balaban J connectivity index is 2.25. The Morgan fingerprint density at radius 3 is 2.90 bits per heavy atom. The summed E-state index contributed by atoms with van der Waals surface area (Å²) in [5.74, 6) is 0.914. The van der Waals surface area contributed by atoms with Gasteiger partial charge in [0, 0.05) is 24.8 Å². The second-order valence-corrected chi connectivity index (χ2v) is 5.34. The zero-order chi connectivity index (χ0) is 14.8. The van der Waals surface area contributed by atoms with Crippen molar-refractivity contribution in [3.63, 3.8) is 0 Å². The van der Waals surface area contributed by atoms with Crippen LogP contribution < -0.4 is 5.73 Å². The summed E-state index contributed by atoms with van der Waals surface area (Å²) in [4.78, 5) is 8.99. The van der Waals surface area contributed by atoms with Crippen molar-refractivity contribution in [3.05, 3.63) is 47.2 Å². The van der Waals surface area contributed by atoms with Gasteiger partial charge in [0.1, 0.15) is 5.82 Å². The molecule has 0 aliphatic heterocycles. The molecular formula is C16H17ClN4. The topological polar surface area (TPSA) is 56.7 Å². The zero-order valence-corrected chi connectivity index (χ0v) is 12.6. The predicted molar refractivity (Wildman–Crippen MR) is 86.2 cm³/mol. The molecule has 108 valence electrons. The van der Waals surface area contributed by atoms with Crippen molar-refractivity contribution in [1.29, 1.82) is 0 Å². The highest BCUT2D eigenvalue weighted by Gasteiger charge is 2.14. The minimum absolute atomic E-state index is 0.419. The number of pyridine rings is 1. The van der Waals surface area contributed by atoms with E-state index in [4.69, 9.17) is 22.3 Å². The lowest BCUT2D eigenvalue weighted by Gasteiger charge is -2.09. The lowest BCUT2D eigenvalue weighted by Crippen LogP contribution is -2.02. The van der Waals surface area contributed by atoms with E-state index in [9.17, 15) is 0 Å². The summed E-state index contributed by atoms with van der Waals surface area (Å²) in [6.07, 6.45) is 2.78. The Labute approximate surface area is 128 Å². The van der Waals surface area contributed by atoms with Gasteiger partial charge in [0.15, 0.2) is 0 Å². The van der Waals surface area contributed by atoms with E-state index in [2.05, 4.69) is 16.5 Å². The van der Waals surface area contributed by atoms with E-state index < -0.39 is 0 Å². The van der Waals surface area contributed by atoms with Crippen LogP contribution in [0.15, 0.2) is 36.5 Å². The minimum atomic E-state index is 0.419. The van der Waals surface area contributed by atoms with E-state index in [0.717, 1.165) is 46.1 Å². The molecule has 0 amide bonds. The summed E-state index contributed by atoms with van der Waals surface area (Å²) >= 11 is 6.36. The Hall–Kier alpha value is -1.91. The molecule has 0 spiro atoms. The van der Waals surface area contributed by atoms with Crippen LogP contribution >= 0.6 is 11.6 Å². The molecule has 0 aliphatic carbocycles. The molecule has 21 heavy (non-hydrogen) atoms. The van der Waals surface area contributed by atoms with Crippen LogP contribution in [0, 0.1) is 0 Å². The summed E-state index contributed by atoms with van der Waals surface area (Å²) in [6.45, 7) is 3.43. The van der Waals surface area contributed by atoms with Crippen LogP contribution in [-0.2, 0) is 13.1 Å².